The summed E-state index contributed by atoms with van der Waals surface area (Å²) in [4.78, 5) is 31.3. The van der Waals surface area contributed by atoms with Gasteiger partial charge in [0.25, 0.3) is 5.91 Å². The molecule has 3 amide bonds. The number of imidazole rings is 1. The van der Waals surface area contributed by atoms with Gasteiger partial charge in [-0.1, -0.05) is 18.2 Å². The highest BCUT2D eigenvalue weighted by Crippen LogP contribution is 2.26. The van der Waals surface area contributed by atoms with Crippen LogP contribution in [-0.4, -0.2) is 38.4 Å². The highest BCUT2D eigenvalue weighted by atomic mass is 19.3. The number of aromatic nitrogens is 2. The predicted octanol–water partition coefficient (Wildman–Crippen LogP) is 3.69. The van der Waals surface area contributed by atoms with E-state index in [1.165, 1.54) is 17.0 Å². The summed E-state index contributed by atoms with van der Waals surface area (Å²) in [5.41, 5.74) is 2.20. The number of ether oxygens (including phenoxy) is 1. The smallest absolute Gasteiger partial charge is 0.387 e. The van der Waals surface area contributed by atoms with Gasteiger partial charge < -0.3 is 14.5 Å². The average Bonchev–Trinajstić information content (AvgIpc) is 3.23. The Balaban J connectivity index is 1.43. The predicted molar refractivity (Wildman–Crippen MR) is 109 cm³/mol. The van der Waals surface area contributed by atoms with Crippen LogP contribution < -0.4 is 10.1 Å². The van der Waals surface area contributed by atoms with E-state index in [2.05, 4.69) is 15.0 Å². The third-order valence-electron chi connectivity index (χ3n) is 5.46. The van der Waals surface area contributed by atoms with Crippen LogP contribution in [0.25, 0.3) is 5.65 Å². The minimum atomic E-state index is -2.88. The van der Waals surface area contributed by atoms with E-state index in [4.69, 9.17) is 0 Å². The molecule has 1 fully saturated rings. The molecule has 2 aromatic heterocycles. The Morgan fingerprint density at radius 1 is 1.19 bits per heavy atom. The Bertz CT molecular complexity index is 1130. The molecule has 0 aliphatic carbocycles. The number of nitrogens with one attached hydrogen (secondary N) is 1. The van der Waals surface area contributed by atoms with Gasteiger partial charge in [0.2, 0.25) is 0 Å². The monoisotopic (exact) mass is 428 g/mol. The van der Waals surface area contributed by atoms with E-state index in [0.29, 0.717) is 18.5 Å². The molecular formula is C22H22F2N4O3. The minimum Gasteiger partial charge on any atom is -0.435 e. The number of pyridine rings is 1. The van der Waals surface area contributed by atoms with Crippen LogP contribution >= 0.6 is 0 Å². The van der Waals surface area contributed by atoms with E-state index in [0.717, 1.165) is 16.8 Å². The van der Waals surface area contributed by atoms with Crippen molar-refractivity contribution in [2.45, 2.75) is 45.4 Å². The second kappa shape index (κ2) is 7.98. The highest BCUT2D eigenvalue weighted by Gasteiger charge is 2.47. The number of fused-ring (bicyclic) bond motifs is 1. The average molecular weight is 428 g/mol. The van der Waals surface area contributed by atoms with Crippen LogP contribution in [-0.2, 0) is 17.8 Å². The van der Waals surface area contributed by atoms with Gasteiger partial charge in [0.15, 0.2) is 0 Å². The topological polar surface area (TPSA) is 75.9 Å². The first-order valence-electron chi connectivity index (χ1n) is 9.86. The number of nitrogens with zero attached hydrogens (tertiary/aromatic N) is 3. The van der Waals surface area contributed by atoms with Crippen molar-refractivity contribution in [1.82, 2.24) is 19.6 Å². The third kappa shape index (κ3) is 4.21. The molecule has 1 N–H and O–H groups in total. The summed E-state index contributed by atoms with van der Waals surface area (Å²) in [5.74, 6) is -0.243. The normalized spacial score (nSPS) is 18.8. The van der Waals surface area contributed by atoms with Crippen molar-refractivity contribution in [1.29, 1.82) is 0 Å². The number of urea groups is 1. The number of halogens is 2. The van der Waals surface area contributed by atoms with Crippen LogP contribution in [0.3, 0.4) is 0 Å². The van der Waals surface area contributed by atoms with Crippen molar-refractivity contribution < 1.29 is 23.1 Å². The molecule has 1 unspecified atom stereocenters. The van der Waals surface area contributed by atoms with E-state index in [1.54, 1.807) is 19.1 Å². The zero-order valence-electron chi connectivity index (χ0n) is 17.1. The van der Waals surface area contributed by atoms with E-state index in [1.807, 2.05) is 35.9 Å². The first-order valence-corrected chi connectivity index (χ1v) is 9.86. The molecule has 0 spiro atoms. The third-order valence-corrected chi connectivity index (χ3v) is 5.46. The lowest BCUT2D eigenvalue weighted by Crippen LogP contribution is -2.44. The molecule has 3 aromatic rings. The number of alkyl halides is 2. The summed E-state index contributed by atoms with van der Waals surface area (Å²) in [6, 6.07) is 9.64. The molecule has 1 aliphatic rings. The fourth-order valence-electron chi connectivity index (χ4n) is 3.73. The molecular weight excluding hydrogens is 406 g/mol. The van der Waals surface area contributed by atoms with E-state index in [-0.39, 0.29) is 18.2 Å². The molecule has 9 heteroatoms. The molecule has 1 saturated heterocycles. The summed E-state index contributed by atoms with van der Waals surface area (Å²) in [6.07, 6.45) is 4.53. The lowest BCUT2D eigenvalue weighted by molar-refractivity contribution is -0.131. The molecule has 1 aliphatic heterocycles. The molecule has 1 atom stereocenters. The van der Waals surface area contributed by atoms with E-state index in [9.17, 15) is 18.4 Å². The zero-order chi connectivity index (χ0) is 22.2. The van der Waals surface area contributed by atoms with Gasteiger partial charge in [-0.05, 0) is 56.0 Å². The molecule has 1 aromatic carbocycles. The van der Waals surface area contributed by atoms with Crippen molar-refractivity contribution in [3.8, 4) is 5.75 Å². The molecule has 0 bridgehead atoms. The first-order chi connectivity index (χ1) is 14.7. The lowest BCUT2D eigenvalue weighted by atomic mass is 9.93. The van der Waals surface area contributed by atoms with Crippen molar-refractivity contribution in [2.24, 2.45) is 0 Å². The second-order valence-electron chi connectivity index (χ2n) is 7.83. The fraction of sp³-hybridized carbons (Fsp3) is 0.318. The Hall–Kier alpha value is -3.49. The summed E-state index contributed by atoms with van der Waals surface area (Å²) >= 11 is 0. The van der Waals surface area contributed by atoms with Gasteiger partial charge in [0, 0.05) is 12.4 Å². The van der Waals surface area contributed by atoms with Crippen molar-refractivity contribution >= 4 is 17.6 Å². The van der Waals surface area contributed by atoms with Crippen LogP contribution in [0.4, 0.5) is 13.6 Å². The van der Waals surface area contributed by atoms with Gasteiger partial charge in [0.05, 0.1) is 12.2 Å². The molecule has 0 saturated carbocycles. The number of amides is 3. The standard InChI is InChI=1S/C22H22F2N4O3/c1-14-4-3-11-27-12-16(25-18(14)27)13-28-19(29)22(2,26-21(28)30)10-9-15-5-7-17(8-6-15)31-20(23)24/h3-8,11-12,20H,9-10,13H2,1-2H3,(H,26,30). The summed E-state index contributed by atoms with van der Waals surface area (Å²) in [6.45, 7) is 0.846. The van der Waals surface area contributed by atoms with Crippen molar-refractivity contribution in [2.75, 3.05) is 0 Å². The summed E-state index contributed by atoms with van der Waals surface area (Å²) < 4.78 is 30.7. The van der Waals surface area contributed by atoms with Gasteiger partial charge in [-0.3, -0.25) is 9.69 Å². The number of hydrogen-bond donors (Lipinski definition) is 1. The van der Waals surface area contributed by atoms with E-state index >= 15 is 0 Å². The van der Waals surface area contributed by atoms with Gasteiger partial charge in [-0.25, -0.2) is 9.78 Å². The SMILES string of the molecule is Cc1cccn2cc(CN3C(=O)NC(C)(CCc4ccc(OC(F)F)cc4)C3=O)nc12. The number of rotatable bonds is 7. The summed E-state index contributed by atoms with van der Waals surface area (Å²) in [5, 5.41) is 2.78. The number of benzene rings is 1. The fourth-order valence-corrected chi connectivity index (χ4v) is 3.73. The maximum Gasteiger partial charge on any atom is 0.387 e. The Kier molecular flexibility index (Phi) is 5.34. The maximum atomic E-state index is 13.0. The number of imide groups is 1. The molecule has 162 valence electrons. The van der Waals surface area contributed by atoms with E-state index < -0.39 is 18.2 Å². The Morgan fingerprint density at radius 3 is 2.61 bits per heavy atom. The van der Waals surface area contributed by atoms with Gasteiger partial charge in [-0.2, -0.15) is 8.78 Å². The molecule has 3 heterocycles. The van der Waals surface area contributed by atoms with Gasteiger partial charge in [-0.15, -0.1) is 0 Å². The number of carbonyl (C=O) groups is 2. The van der Waals surface area contributed by atoms with Crippen molar-refractivity contribution in [3.05, 3.63) is 65.6 Å². The van der Waals surface area contributed by atoms with Crippen LogP contribution in [0.1, 0.15) is 30.2 Å². The van der Waals surface area contributed by atoms with Crippen LogP contribution in [0, 0.1) is 6.92 Å². The quantitative estimate of drug-likeness (QED) is 0.583. The highest BCUT2D eigenvalue weighted by molar-refractivity contribution is 6.06. The number of hydrogen-bond acceptors (Lipinski definition) is 4. The lowest BCUT2D eigenvalue weighted by Gasteiger charge is -2.21. The molecule has 4 rings (SSSR count). The van der Waals surface area contributed by atoms with Gasteiger partial charge in [0.1, 0.15) is 16.9 Å². The van der Waals surface area contributed by atoms with Crippen LogP contribution in [0.2, 0.25) is 0 Å². The van der Waals surface area contributed by atoms with Crippen molar-refractivity contribution in [3.63, 3.8) is 0 Å². The Labute approximate surface area is 177 Å². The van der Waals surface area contributed by atoms with Crippen LogP contribution in [0.5, 0.6) is 5.75 Å². The largest absolute Gasteiger partial charge is 0.435 e. The van der Waals surface area contributed by atoms with Gasteiger partial charge >= 0.3 is 12.6 Å². The number of carbonyl (C=O) groups excluding carboxylic acids is 2. The van der Waals surface area contributed by atoms with Crippen LogP contribution in [0.15, 0.2) is 48.8 Å². The first kappa shape index (κ1) is 20.8. The Morgan fingerprint density at radius 2 is 1.94 bits per heavy atom. The molecule has 31 heavy (non-hydrogen) atoms. The second-order valence-corrected chi connectivity index (χ2v) is 7.83. The molecule has 0 radical (unpaired) electrons. The summed E-state index contributed by atoms with van der Waals surface area (Å²) in [7, 11) is 0. The maximum absolute atomic E-state index is 13.0. The zero-order valence-corrected chi connectivity index (χ0v) is 17.1. The minimum absolute atomic E-state index is 0.0732. The molecule has 7 nitrogen and oxygen atoms in total. The number of aryl methyl sites for hydroxylation is 2.